The van der Waals surface area contributed by atoms with Gasteiger partial charge in [0.25, 0.3) is 11.5 Å². The van der Waals surface area contributed by atoms with E-state index in [1.807, 2.05) is 24.3 Å². The van der Waals surface area contributed by atoms with Crippen molar-refractivity contribution in [2.24, 2.45) is 0 Å². The minimum atomic E-state index is -0.515. The largest absolute Gasteiger partial charge is 0.497 e. The molecule has 0 fully saturated rings. The summed E-state index contributed by atoms with van der Waals surface area (Å²) in [5.74, 6) is -0.0653. The minimum Gasteiger partial charge on any atom is -0.497 e. The van der Waals surface area contributed by atoms with Crippen molar-refractivity contribution < 1.29 is 19.1 Å². The number of aromatic amines is 1. The lowest BCUT2D eigenvalue weighted by Crippen LogP contribution is -2.24. The van der Waals surface area contributed by atoms with Crippen molar-refractivity contribution in [2.45, 2.75) is 6.54 Å². The monoisotopic (exact) mass is 475 g/mol. The highest BCUT2D eigenvalue weighted by molar-refractivity contribution is 7.71. The molecule has 3 aromatic carbocycles. The van der Waals surface area contributed by atoms with E-state index in [0.717, 1.165) is 11.3 Å². The number of methoxy groups -OCH3 is 2. The Hall–Kier alpha value is -4.24. The molecule has 0 unspecified atom stereocenters. The normalized spacial score (nSPS) is 10.6. The number of carbonyl (C=O) groups excluding carboxylic acids is 2. The summed E-state index contributed by atoms with van der Waals surface area (Å²) >= 11 is 5.41. The number of aromatic nitrogens is 2. The molecule has 1 heterocycles. The molecule has 0 bridgehead atoms. The fraction of sp³-hybridized carbons (Fsp3) is 0.120. The Kier molecular flexibility index (Phi) is 6.55. The number of benzene rings is 3. The van der Waals surface area contributed by atoms with Crippen molar-refractivity contribution in [3.05, 3.63) is 98.5 Å². The number of nitrogens with zero attached hydrogens (tertiary/aromatic N) is 1. The van der Waals surface area contributed by atoms with Gasteiger partial charge in [-0.25, -0.2) is 4.79 Å². The van der Waals surface area contributed by atoms with E-state index >= 15 is 0 Å². The summed E-state index contributed by atoms with van der Waals surface area (Å²) in [6, 6.07) is 18.6. The maximum absolute atomic E-state index is 13.2. The van der Waals surface area contributed by atoms with Gasteiger partial charge in [-0.1, -0.05) is 18.2 Å². The smallest absolute Gasteiger partial charge is 0.337 e. The summed E-state index contributed by atoms with van der Waals surface area (Å²) in [4.78, 5) is 40.7. The van der Waals surface area contributed by atoms with Crippen LogP contribution >= 0.6 is 12.2 Å². The van der Waals surface area contributed by atoms with Crippen LogP contribution in [0.5, 0.6) is 5.75 Å². The zero-order chi connectivity index (χ0) is 24.2. The molecule has 0 spiro atoms. The molecule has 0 radical (unpaired) electrons. The van der Waals surface area contributed by atoms with Crippen LogP contribution in [0, 0.1) is 4.77 Å². The lowest BCUT2D eigenvalue weighted by atomic mass is 10.1. The molecule has 0 saturated carbocycles. The molecule has 4 aromatic rings. The first kappa shape index (κ1) is 22.9. The Labute approximate surface area is 199 Å². The second-order valence-electron chi connectivity index (χ2n) is 7.40. The number of nitrogens with one attached hydrogen (secondary N) is 2. The summed E-state index contributed by atoms with van der Waals surface area (Å²) in [7, 11) is 2.88. The molecule has 2 N–H and O–H groups in total. The van der Waals surface area contributed by atoms with Crippen LogP contribution in [0.3, 0.4) is 0 Å². The average Bonchev–Trinajstić information content (AvgIpc) is 2.87. The third-order valence-corrected chi connectivity index (χ3v) is 5.58. The molecule has 0 aliphatic carbocycles. The van der Waals surface area contributed by atoms with Gasteiger partial charge in [-0.05, 0) is 66.3 Å². The quantitative estimate of drug-likeness (QED) is 0.325. The molecule has 172 valence electrons. The van der Waals surface area contributed by atoms with Crippen molar-refractivity contribution >= 4 is 35.0 Å². The topological polar surface area (TPSA) is 102 Å². The number of fused-ring (bicyclic) bond motifs is 1. The Bertz CT molecular complexity index is 1510. The number of ether oxygens (including phenoxy) is 2. The number of amides is 1. The summed E-state index contributed by atoms with van der Waals surface area (Å²) in [5.41, 5.74) is 2.10. The Morgan fingerprint density at radius 3 is 2.47 bits per heavy atom. The number of carbonyl (C=O) groups is 2. The summed E-state index contributed by atoms with van der Waals surface area (Å²) in [5, 5.41) is 3.21. The second-order valence-corrected chi connectivity index (χ2v) is 7.79. The van der Waals surface area contributed by atoms with Crippen LogP contribution in [-0.4, -0.2) is 35.6 Å². The third-order valence-electron chi connectivity index (χ3n) is 5.30. The van der Waals surface area contributed by atoms with Gasteiger partial charge in [0, 0.05) is 12.1 Å². The van der Waals surface area contributed by atoms with E-state index in [1.165, 1.54) is 29.9 Å². The highest BCUT2D eigenvalue weighted by Gasteiger charge is 2.13. The van der Waals surface area contributed by atoms with E-state index in [0.29, 0.717) is 34.3 Å². The molecule has 8 nitrogen and oxygen atoms in total. The Balaban J connectivity index is 1.63. The van der Waals surface area contributed by atoms with Gasteiger partial charge in [0.2, 0.25) is 0 Å². The zero-order valence-electron chi connectivity index (χ0n) is 18.5. The fourth-order valence-electron chi connectivity index (χ4n) is 3.51. The predicted molar refractivity (Wildman–Crippen MR) is 130 cm³/mol. The standard InChI is InChI=1S/C25H21N3O5S/c1-32-19-9-6-15(7-10-19)14-26-22(29)16-4-3-5-18(12-16)28-23(30)20-11-8-17(24(31)33-2)13-21(20)27-25(28)34/h3-13H,14H2,1-2H3,(H,26,29)(H,27,34). The number of esters is 1. The summed E-state index contributed by atoms with van der Waals surface area (Å²) in [6.07, 6.45) is 0. The highest BCUT2D eigenvalue weighted by Crippen LogP contribution is 2.16. The number of H-pyrrole nitrogens is 1. The molecular formula is C25H21N3O5S. The number of hydrogen-bond acceptors (Lipinski definition) is 6. The number of rotatable bonds is 6. The molecule has 0 atom stereocenters. The first-order valence-corrected chi connectivity index (χ1v) is 10.7. The van der Waals surface area contributed by atoms with Crippen molar-refractivity contribution in [2.75, 3.05) is 14.2 Å². The van der Waals surface area contributed by atoms with E-state index in [2.05, 4.69) is 10.3 Å². The van der Waals surface area contributed by atoms with Crippen LogP contribution in [-0.2, 0) is 11.3 Å². The van der Waals surface area contributed by atoms with E-state index in [4.69, 9.17) is 21.7 Å². The van der Waals surface area contributed by atoms with Gasteiger partial charge in [0.1, 0.15) is 5.75 Å². The predicted octanol–water partition coefficient (Wildman–Crippen LogP) is 3.77. The lowest BCUT2D eigenvalue weighted by molar-refractivity contribution is 0.0600. The Morgan fingerprint density at radius 1 is 1.00 bits per heavy atom. The van der Waals surface area contributed by atoms with Gasteiger partial charge >= 0.3 is 5.97 Å². The molecule has 1 aromatic heterocycles. The third kappa shape index (κ3) is 4.60. The molecule has 34 heavy (non-hydrogen) atoms. The molecule has 0 aliphatic heterocycles. The molecule has 9 heteroatoms. The van der Waals surface area contributed by atoms with E-state index in [1.54, 1.807) is 31.4 Å². The maximum Gasteiger partial charge on any atom is 0.337 e. The molecule has 1 amide bonds. The van der Waals surface area contributed by atoms with Crippen LogP contribution in [0.15, 0.2) is 71.5 Å². The minimum absolute atomic E-state index is 0.135. The van der Waals surface area contributed by atoms with E-state index in [-0.39, 0.29) is 16.2 Å². The SMILES string of the molecule is COC(=O)c1ccc2c(=O)n(-c3cccc(C(=O)NCc4ccc(OC)cc4)c3)c(=S)[nH]c2c1. The Morgan fingerprint density at radius 2 is 1.76 bits per heavy atom. The van der Waals surface area contributed by atoms with Gasteiger partial charge in [0.05, 0.1) is 36.4 Å². The fourth-order valence-corrected chi connectivity index (χ4v) is 3.81. The van der Waals surface area contributed by atoms with Gasteiger partial charge < -0.3 is 19.8 Å². The van der Waals surface area contributed by atoms with Crippen LogP contribution in [0.4, 0.5) is 0 Å². The first-order chi connectivity index (χ1) is 16.4. The first-order valence-electron chi connectivity index (χ1n) is 10.3. The molecule has 0 aliphatic rings. The summed E-state index contributed by atoms with van der Waals surface area (Å²) in [6.45, 7) is 0.339. The van der Waals surface area contributed by atoms with E-state index in [9.17, 15) is 14.4 Å². The van der Waals surface area contributed by atoms with Crippen LogP contribution < -0.4 is 15.6 Å². The summed E-state index contributed by atoms with van der Waals surface area (Å²) < 4.78 is 11.3. The number of hydrogen-bond donors (Lipinski definition) is 2. The zero-order valence-corrected chi connectivity index (χ0v) is 19.3. The van der Waals surface area contributed by atoms with Crippen LogP contribution in [0.25, 0.3) is 16.6 Å². The maximum atomic E-state index is 13.2. The van der Waals surface area contributed by atoms with Gasteiger partial charge in [-0.15, -0.1) is 0 Å². The van der Waals surface area contributed by atoms with Crippen molar-refractivity contribution in [1.29, 1.82) is 0 Å². The van der Waals surface area contributed by atoms with Crippen LogP contribution in [0.2, 0.25) is 0 Å². The molecular weight excluding hydrogens is 454 g/mol. The van der Waals surface area contributed by atoms with Crippen molar-refractivity contribution in [3.8, 4) is 11.4 Å². The highest BCUT2D eigenvalue weighted by atomic mass is 32.1. The van der Waals surface area contributed by atoms with Crippen molar-refractivity contribution in [1.82, 2.24) is 14.9 Å². The van der Waals surface area contributed by atoms with Gasteiger partial charge in [-0.2, -0.15) is 0 Å². The van der Waals surface area contributed by atoms with Gasteiger partial charge in [0.15, 0.2) is 4.77 Å². The van der Waals surface area contributed by atoms with Crippen LogP contribution in [0.1, 0.15) is 26.3 Å². The van der Waals surface area contributed by atoms with Crippen molar-refractivity contribution in [3.63, 3.8) is 0 Å². The van der Waals surface area contributed by atoms with Gasteiger partial charge in [-0.3, -0.25) is 14.2 Å². The lowest BCUT2D eigenvalue weighted by Gasteiger charge is -2.11. The van der Waals surface area contributed by atoms with E-state index < -0.39 is 5.97 Å². The average molecular weight is 476 g/mol. The second kappa shape index (κ2) is 9.72. The molecule has 4 rings (SSSR count). The molecule has 0 saturated heterocycles.